The first-order chi connectivity index (χ1) is 16.2. The van der Waals surface area contributed by atoms with Crippen molar-refractivity contribution in [1.82, 2.24) is 25.0 Å². The molecule has 1 saturated carbocycles. The fourth-order valence-electron chi connectivity index (χ4n) is 4.79. The van der Waals surface area contributed by atoms with Gasteiger partial charge >= 0.3 is 18.2 Å². The molecule has 0 radical (unpaired) electrons. The number of anilines is 2. The minimum Gasteiger partial charge on any atom is -0.424 e. The van der Waals surface area contributed by atoms with Gasteiger partial charge in [-0.2, -0.15) is 18.2 Å². The summed E-state index contributed by atoms with van der Waals surface area (Å²) >= 11 is 0. The van der Waals surface area contributed by atoms with Crippen molar-refractivity contribution in [2.24, 2.45) is 11.8 Å². The Balaban J connectivity index is 1.32. The number of hydrogen-bond acceptors (Lipinski definition) is 8. The monoisotopic (exact) mass is 477 g/mol. The van der Waals surface area contributed by atoms with Gasteiger partial charge in [-0.25, -0.2) is 4.68 Å². The Bertz CT molecular complexity index is 1150. The van der Waals surface area contributed by atoms with E-state index in [-0.39, 0.29) is 23.8 Å². The largest absolute Gasteiger partial charge is 0.424 e. The van der Waals surface area contributed by atoms with Gasteiger partial charge in [-0.05, 0) is 56.7 Å². The van der Waals surface area contributed by atoms with Crippen LogP contribution in [0, 0.1) is 18.8 Å². The topological polar surface area (TPSA) is 94.1 Å². The predicted molar refractivity (Wildman–Crippen MR) is 117 cm³/mol. The summed E-state index contributed by atoms with van der Waals surface area (Å²) in [4.78, 5) is 6.60. The van der Waals surface area contributed by atoms with Crippen molar-refractivity contribution in [2.45, 2.75) is 51.9 Å². The molecule has 1 saturated heterocycles. The number of hydrogen-bond donors (Lipinski definition) is 1. The van der Waals surface area contributed by atoms with Crippen LogP contribution in [0.3, 0.4) is 0 Å². The van der Waals surface area contributed by atoms with E-state index in [9.17, 15) is 13.2 Å². The van der Waals surface area contributed by atoms with Crippen LogP contribution in [0.15, 0.2) is 28.7 Å². The van der Waals surface area contributed by atoms with Crippen molar-refractivity contribution in [1.29, 1.82) is 0 Å². The zero-order chi connectivity index (χ0) is 24.0. The van der Waals surface area contributed by atoms with Crippen LogP contribution < -0.4 is 15.0 Å². The fourth-order valence-corrected chi connectivity index (χ4v) is 4.79. The van der Waals surface area contributed by atoms with Gasteiger partial charge in [0.05, 0.1) is 11.6 Å². The molecule has 3 atom stereocenters. The first kappa shape index (κ1) is 22.5. The summed E-state index contributed by atoms with van der Waals surface area (Å²) in [5.74, 6) is 1.70. The van der Waals surface area contributed by atoms with E-state index in [2.05, 4.69) is 30.5 Å². The molecule has 1 aliphatic carbocycles. The molecule has 34 heavy (non-hydrogen) atoms. The van der Waals surface area contributed by atoms with Gasteiger partial charge in [0, 0.05) is 26.1 Å². The number of benzene rings is 1. The van der Waals surface area contributed by atoms with Gasteiger partial charge < -0.3 is 19.4 Å². The van der Waals surface area contributed by atoms with Crippen LogP contribution in [-0.4, -0.2) is 44.1 Å². The number of nitrogens with one attached hydrogen (secondary N) is 1. The predicted octanol–water partition coefficient (Wildman–Crippen LogP) is 4.69. The molecule has 0 amide bonds. The molecule has 12 heteroatoms. The molecule has 0 spiro atoms. The molecule has 2 aliphatic rings. The molecule has 9 nitrogen and oxygen atoms in total. The highest BCUT2D eigenvalue weighted by molar-refractivity contribution is 5.36. The SMILES string of the molecule is Cc1nnc(N2C[C@H]3CC[C@@H](C2)C3Nc2nc(Oc3cccc(C(F)(F)F)c3)n(C(C)C)n2)o1. The first-order valence-electron chi connectivity index (χ1n) is 11.3. The molecule has 1 unspecified atom stereocenters. The minimum absolute atomic E-state index is 0.0545. The zero-order valence-corrected chi connectivity index (χ0v) is 19.1. The van der Waals surface area contributed by atoms with Crippen molar-refractivity contribution in [3.63, 3.8) is 0 Å². The lowest BCUT2D eigenvalue weighted by Crippen LogP contribution is -2.48. The third-order valence-electron chi connectivity index (χ3n) is 6.38. The highest BCUT2D eigenvalue weighted by atomic mass is 19.4. The minimum atomic E-state index is -4.45. The van der Waals surface area contributed by atoms with Crippen LogP contribution in [0.4, 0.5) is 25.1 Å². The Hall–Kier alpha value is -3.31. The summed E-state index contributed by atoms with van der Waals surface area (Å²) in [5.41, 5.74) is -0.779. The molecule has 182 valence electrons. The summed E-state index contributed by atoms with van der Waals surface area (Å²) in [7, 11) is 0. The molecule has 2 aromatic heterocycles. The third kappa shape index (κ3) is 4.40. The summed E-state index contributed by atoms with van der Waals surface area (Å²) in [6.07, 6.45) is -2.33. The second-order valence-corrected chi connectivity index (χ2v) is 9.16. The molecule has 2 bridgehead atoms. The van der Waals surface area contributed by atoms with E-state index < -0.39 is 11.7 Å². The van der Waals surface area contributed by atoms with Crippen LogP contribution in [0.1, 0.15) is 44.2 Å². The number of alkyl halides is 3. The molecular weight excluding hydrogens is 451 g/mol. The number of rotatable bonds is 6. The van der Waals surface area contributed by atoms with E-state index in [1.54, 1.807) is 11.6 Å². The van der Waals surface area contributed by atoms with E-state index >= 15 is 0 Å². The number of ether oxygens (including phenoxy) is 1. The zero-order valence-electron chi connectivity index (χ0n) is 19.1. The summed E-state index contributed by atoms with van der Waals surface area (Å²) in [6.45, 7) is 7.16. The Labute approximate surface area is 194 Å². The van der Waals surface area contributed by atoms with Crippen LogP contribution in [0.25, 0.3) is 0 Å². The molecule has 5 rings (SSSR count). The van der Waals surface area contributed by atoms with Crippen molar-refractivity contribution in [3.8, 4) is 11.8 Å². The van der Waals surface area contributed by atoms with Crippen LogP contribution >= 0.6 is 0 Å². The Morgan fingerprint density at radius 3 is 2.50 bits per heavy atom. The second-order valence-electron chi connectivity index (χ2n) is 9.16. The van der Waals surface area contributed by atoms with Gasteiger partial charge in [0.15, 0.2) is 0 Å². The standard InChI is InChI=1S/C22H26F3N7O2/c1-12(2)32-20(34-17-6-4-5-16(9-17)22(23,24)25)27-19(30-32)26-18-14-7-8-15(18)11-31(10-14)21-29-28-13(3)33-21/h4-6,9,12,14-15,18H,7-8,10-11H2,1-3H3,(H,26,30)/t14-,15+,18?. The van der Waals surface area contributed by atoms with Gasteiger partial charge in [-0.1, -0.05) is 11.2 Å². The Morgan fingerprint density at radius 1 is 1.15 bits per heavy atom. The third-order valence-corrected chi connectivity index (χ3v) is 6.38. The highest BCUT2D eigenvalue weighted by Crippen LogP contribution is 2.40. The fraction of sp³-hybridized carbons (Fsp3) is 0.545. The maximum Gasteiger partial charge on any atom is 0.416 e. The number of nitrogens with zero attached hydrogens (tertiary/aromatic N) is 6. The van der Waals surface area contributed by atoms with Crippen molar-refractivity contribution in [2.75, 3.05) is 23.3 Å². The molecule has 3 aromatic rings. The Morgan fingerprint density at radius 2 is 1.88 bits per heavy atom. The number of halogens is 3. The normalized spacial score (nSPS) is 22.4. The van der Waals surface area contributed by atoms with E-state index in [4.69, 9.17) is 9.15 Å². The van der Waals surface area contributed by atoms with Gasteiger partial charge in [0.1, 0.15) is 5.75 Å². The van der Waals surface area contributed by atoms with Gasteiger partial charge in [-0.3, -0.25) is 0 Å². The van der Waals surface area contributed by atoms with Crippen LogP contribution in [-0.2, 0) is 6.18 Å². The number of aromatic nitrogens is 5. The smallest absolute Gasteiger partial charge is 0.416 e. The average molecular weight is 477 g/mol. The number of aryl methyl sites for hydroxylation is 1. The highest BCUT2D eigenvalue weighted by Gasteiger charge is 2.44. The van der Waals surface area contributed by atoms with Gasteiger partial charge in [0.2, 0.25) is 11.8 Å². The van der Waals surface area contributed by atoms with E-state index in [1.807, 2.05) is 13.8 Å². The average Bonchev–Trinajstić information content (AvgIpc) is 3.44. The molecule has 2 fully saturated rings. The van der Waals surface area contributed by atoms with Crippen molar-refractivity contribution in [3.05, 3.63) is 35.7 Å². The van der Waals surface area contributed by atoms with Crippen molar-refractivity contribution < 1.29 is 22.3 Å². The lowest BCUT2D eigenvalue weighted by Gasteiger charge is -2.37. The molecular formula is C22H26F3N7O2. The molecule has 1 N–H and O–H groups in total. The van der Waals surface area contributed by atoms with Gasteiger partial charge in [-0.15, -0.1) is 10.2 Å². The lowest BCUT2D eigenvalue weighted by atomic mass is 9.92. The maximum absolute atomic E-state index is 13.1. The van der Waals surface area contributed by atoms with E-state index in [0.29, 0.717) is 29.7 Å². The van der Waals surface area contributed by atoms with E-state index in [0.717, 1.165) is 38.1 Å². The van der Waals surface area contributed by atoms with Crippen LogP contribution in [0.2, 0.25) is 0 Å². The number of piperidine rings is 1. The van der Waals surface area contributed by atoms with Crippen LogP contribution in [0.5, 0.6) is 11.8 Å². The Kier molecular flexibility index (Phi) is 5.61. The summed E-state index contributed by atoms with van der Waals surface area (Å²) in [6, 6.07) is 5.51. The van der Waals surface area contributed by atoms with Crippen molar-refractivity contribution >= 4 is 12.0 Å². The van der Waals surface area contributed by atoms with Gasteiger partial charge in [0.25, 0.3) is 0 Å². The molecule has 1 aromatic carbocycles. The summed E-state index contributed by atoms with van der Waals surface area (Å²) < 4.78 is 52.1. The summed E-state index contributed by atoms with van der Waals surface area (Å²) in [5, 5.41) is 16.1. The quantitative estimate of drug-likeness (QED) is 0.547. The lowest BCUT2D eigenvalue weighted by molar-refractivity contribution is -0.137. The molecule has 3 heterocycles. The first-order valence-corrected chi connectivity index (χ1v) is 11.3. The number of fused-ring (bicyclic) bond motifs is 2. The maximum atomic E-state index is 13.1. The molecule has 1 aliphatic heterocycles. The second kappa shape index (κ2) is 8.48. The van der Waals surface area contributed by atoms with E-state index in [1.165, 1.54) is 12.1 Å².